The van der Waals surface area contributed by atoms with Crippen molar-refractivity contribution in [1.29, 1.82) is 0 Å². The number of urea groups is 1. The topological polar surface area (TPSA) is 81.8 Å². The van der Waals surface area contributed by atoms with E-state index in [1.807, 2.05) is 44.2 Å². The molecule has 7 nitrogen and oxygen atoms in total. The van der Waals surface area contributed by atoms with Crippen LogP contribution >= 0.6 is 0 Å². The van der Waals surface area contributed by atoms with Crippen molar-refractivity contribution in [3.05, 3.63) is 30.3 Å². The predicted molar refractivity (Wildman–Crippen MR) is 110 cm³/mol. The molecule has 4 amide bonds. The molecule has 7 heteroatoms. The Bertz CT molecular complexity index is 650. The van der Waals surface area contributed by atoms with Gasteiger partial charge >= 0.3 is 6.03 Å². The van der Waals surface area contributed by atoms with Gasteiger partial charge in [0.2, 0.25) is 11.8 Å². The Morgan fingerprint density at radius 1 is 1.14 bits per heavy atom. The quantitative estimate of drug-likeness (QED) is 0.718. The van der Waals surface area contributed by atoms with E-state index in [1.54, 1.807) is 9.80 Å². The van der Waals surface area contributed by atoms with Crippen LogP contribution in [0.4, 0.5) is 10.5 Å². The van der Waals surface area contributed by atoms with Crippen molar-refractivity contribution in [2.45, 2.75) is 39.5 Å². The number of nitrogens with one attached hydrogen (secondary N) is 2. The predicted octanol–water partition coefficient (Wildman–Crippen LogP) is 2.70. The maximum Gasteiger partial charge on any atom is 0.321 e. The van der Waals surface area contributed by atoms with E-state index in [-0.39, 0.29) is 30.3 Å². The average Bonchev–Trinajstić information content (AvgIpc) is 2.72. The summed E-state index contributed by atoms with van der Waals surface area (Å²) < 4.78 is 0. The molecule has 1 unspecified atom stereocenters. The molecule has 1 aliphatic heterocycles. The van der Waals surface area contributed by atoms with Gasteiger partial charge in [0, 0.05) is 31.9 Å². The summed E-state index contributed by atoms with van der Waals surface area (Å²) in [5.41, 5.74) is 0.737. The lowest BCUT2D eigenvalue weighted by Gasteiger charge is -2.34. The number of nitrogens with zero attached hydrogens (tertiary/aromatic N) is 2. The molecule has 154 valence electrons. The molecule has 1 fully saturated rings. The fourth-order valence-electron chi connectivity index (χ4n) is 3.38. The normalized spacial score (nSPS) is 16.4. The summed E-state index contributed by atoms with van der Waals surface area (Å²) in [5, 5.41) is 5.70. The van der Waals surface area contributed by atoms with Crippen molar-refractivity contribution in [1.82, 2.24) is 15.1 Å². The van der Waals surface area contributed by atoms with Crippen LogP contribution in [-0.2, 0) is 9.59 Å². The number of rotatable bonds is 8. The molecular weight excluding hydrogens is 356 g/mol. The molecule has 0 spiro atoms. The summed E-state index contributed by atoms with van der Waals surface area (Å²) in [6.45, 7) is 6.24. The molecule has 1 saturated heterocycles. The molecule has 0 bridgehead atoms. The molecule has 1 heterocycles. The summed E-state index contributed by atoms with van der Waals surface area (Å²) in [4.78, 5) is 41.0. The minimum Gasteiger partial charge on any atom is -0.355 e. The van der Waals surface area contributed by atoms with E-state index in [1.165, 1.54) is 0 Å². The molecule has 2 N–H and O–H groups in total. The second-order valence-electron chi connectivity index (χ2n) is 7.19. The fourth-order valence-corrected chi connectivity index (χ4v) is 3.38. The van der Waals surface area contributed by atoms with Crippen molar-refractivity contribution in [3.63, 3.8) is 0 Å². The largest absolute Gasteiger partial charge is 0.355 e. The van der Waals surface area contributed by atoms with E-state index in [0.717, 1.165) is 31.4 Å². The lowest BCUT2D eigenvalue weighted by atomic mass is 9.96. The SMILES string of the molecule is CCCNC(=O)CN(CCC)C(=O)C1CCCN(C(=O)Nc2ccccc2)C1. The van der Waals surface area contributed by atoms with Crippen LogP contribution in [0.1, 0.15) is 39.5 Å². The first-order valence-electron chi connectivity index (χ1n) is 10.2. The summed E-state index contributed by atoms with van der Waals surface area (Å²) in [6.07, 6.45) is 3.17. The number of para-hydroxylation sites is 1. The van der Waals surface area contributed by atoms with Crippen LogP contribution < -0.4 is 10.6 Å². The molecule has 0 saturated carbocycles. The Labute approximate surface area is 167 Å². The Hall–Kier alpha value is -2.57. The lowest BCUT2D eigenvalue weighted by Crippen LogP contribution is -2.50. The van der Waals surface area contributed by atoms with E-state index in [9.17, 15) is 14.4 Å². The Morgan fingerprint density at radius 2 is 1.89 bits per heavy atom. The molecule has 28 heavy (non-hydrogen) atoms. The number of benzene rings is 1. The average molecular weight is 389 g/mol. The van der Waals surface area contributed by atoms with Crippen LogP contribution in [0, 0.1) is 5.92 Å². The second kappa shape index (κ2) is 11.3. The van der Waals surface area contributed by atoms with Gasteiger partial charge in [-0.2, -0.15) is 0 Å². The number of likely N-dealkylation sites (tertiary alicyclic amines) is 1. The molecule has 1 aliphatic rings. The Kier molecular flexibility index (Phi) is 8.78. The molecule has 0 radical (unpaired) electrons. The number of carbonyl (C=O) groups excluding carboxylic acids is 3. The van der Waals surface area contributed by atoms with Crippen molar-refractivity contribution in [3.8, 4) is 0 Å². The second-order valence-corrected chi connectivity index (χ2v) is 7.19. The van der Waals surface area contributed by atoms with Gasteiger partial charge in [-0.25, -0.2) is 4.79 Å². The smallest absolute Gasteiger partial charge is 0.321 e. The first-order valence-corrected chi connectivity index (χ1v) is 10.2. The maximum atomic E-state index is 13.0. The van der Waals surface area contributed by atoms with Gasteiger partial charge in [0.1, 0.15) is 0 Å². The van der Waals surface area contributed by atoms with E-state index >= 15 is 0 Å². The monoisotopic (exact) mass is 388 g/mol. The first kappa shape index (κ1) is 21.7. The van der Waals surface area contributed by atoms with Crippen LogP contribution in [-0.4, -0.2) is 60.4 Å². The highest BCUT2D eigenvalue weighted by Crippen LogP contribution is 2.20. The van der Waals surface area contributed by atoms with E-state index in [4.69, 9.17) is 0 Å². The fraction of sp³-hybridized carbons (Fsp3) is 0.571. The van der Waals surface area contributed by atoms with Crippen molar-refractivity contribution in [2.24, 2.45) is 5.92 Å². The van der Waals surface area contributed by atoms with Gasteiger partial charge in [-0.3, -0.25) is 9.59 Å². The molecular formula is C21H32N4O3. The zero-order valence-electron chi connectivity index (χ0n) is 16.9. The van der Waals surface area contributed by atoms with Gasteiger partial charge in [0.15, 0.2) is 0 Å². The Morgan fingerprint density at radius 3 is 2.57 bits per heavy atom. The summed E-state index contributed by atoms with van der Waals surface area (Å²) in [5.74, 6) is -0.426. The van der Waals surface area contributed by atoms with Crippen molar-refractivity contribution in [2.75, 3.05) is 38.0 Å². The highest BCUT2D eigenvalue weighted by atomic mass is 16.2. The van der Waals surface area contributed by atoms with Crippen molar-refractivity contribution >= 4 is 23.5 Å². The van der Waals surface area contributed by atoms with Crippen LogP contribution in [0.15, 0.2) is 30.3 Å². The number of hydrogen-bond donors (Lipinski definition) is 2. The third-order valence-electron chi connectivity index (χ3n) is 4.79. The zero-order valence-corrected chi connectivity index (χ0v) is 16.9. The van der Waals surface area contributed by atoms with Gasteiger partial charge in [0.25, 0.3) is 0 Å². The number of carbonyl (C=O) groups is 3. The number of piperidine rings is 1. The molecule has 0 aromatic heterocycles. The minimum absolute atomic E-state index is 0.0364. The molecule has 1 aromatic carbocycles. The minimum atomic E-state index is -0.263. The number of anilines is 1. The highest BCUT2D eigenvalue weighted by molar-refractivity contribution is 5.90. The third kappa shape index (κ3) is 6.55. The van der Waals surface area contributed by atoms with Crippen molar-refractivity contribution < 1.29 is 14.4 Å². The molecule has 0 aliphatic carbocycles. The molecule has 2 rings (SSSR count). The van der Waals surface area contributed by atoms with Crippen LogP contribution in [0.25, 0.3) is 0 Å². The van der Waals surface area contributed by atoms with E-state index < -0.39 is 0 Å². The third-order valence-corrected chi connectivity index (χ3v) is 4.79. The lowest BCUT2D eigenvalue weighted by molar-refractivity contribution is -0.140. The van der Waals surface area contributed by atoms with Crippen LogP contribution in [0.5, 0.6) is 0 Å². The van der Waals surface area contributed by atoms with Gasteiger partial charge in [-0.15, -0.1) is 0 Å². The van der Waals surface area contributed by atoms with Crippen LogP contribution in [0.2, 0.25) is 0 Å². The van der Waals surface area contributed by atoms with Gasteiger partial charge in [-0.1, -0.05) is 32.0 Å². The van der Waals surface area contributed by atoms with Gasteiger partial charge in [-0.05, 0) is 37.8 Å². The number of hydrogen-bond acceptors (Lipinski definition) is 3. The zero-order chi connectivity index (χ0) is 20.4. The number of amides is 4. The summed E-state index contributed by atoms with van der Waals surface area (Å²) >= 11 is 0. The Balaban J connectivity index is 1.95. The first-order chi connectivity index (χ1) is 13.5. The van der Waals surface area contributed by atoms with Gasteiger partial charge in [0.05, 0.1) is 12.5 Å². The van der Waals surface area contributed by atoms with Crippen LogP contribution in [0.3, 0.4) is 0 Å². The van der Waals surface area contributed by atoms with E-state index in [0.29, 0.717) is 26.2 Å². The highest BCUT2D eigenvalue weighted by Gasteiger charge is 2.31. The maximum absolute atomic E-state index is 13.0. The van der Waals surface area contributed by atoms with E-state index in [2.05, 4.69) is 10.6 Å². The molecule has 1 aromatic rings. The van der Waals surface area contributed by atoms with Gasteiger partial charge < -0.3 is 20.4 Å². The standard InChI is InChI=1S/C21H32N4O3/c1-3-12-22-19(26)16-24(13-4-2)20(27)17-9-8-14-25(15-17)21(28)23-18-10-6-5-7-11-18/h5-7,10-11,17H,3-4,8-9,12-16H2,1-2H3,(H,22,26)(H,23,28). The summed E-state index contributed by atoms with van der Waals surface area (Å²) in [6, 6.07) is 9.11. The molecule has 1 atom stereocenters. The summed E-state index contributed by atoms with van der Waals surface area (Å²) in [7, 11) is 0.